The van der Waals surface area contributed by atoms with E-state index in [9.17, 15) is 24.0 Å². The zero-order valence-electron chi connectivity index (χ0n) is 26.7. The van der Waals surface area contributed by atoms with Crippen molar-refractivity contribution in [2.45, 2.75) is 62.8 Å². The Hall–Kier alpha value is -4.48. The van der Waals surface area contributed by atoms with Gasteiger partial charge in [0, 0.05) is 16.5 Å². The smallest absolute Gasteiger partial charge is 0.338 e. The van der Waals surface area contributed by atoms with Gasteiger partial charge >= 0.3 is 10.8 Å². The summed E-state index contributed by atoms with van der Waals surface area (Å²) < 4.78 is 6.41. The van der Waals surface area contributed by atoms with Crippen LogP contribution in [0.2, 0.25) is 0 Å². The Kier molecular flexibility index (Phi) is 8.71. The van der Waals surface area contributed by atoms with E-state index in [2.05, 4.69) is 26.1 Å². The maximum Gasteiger partial charge on any atom is 0.338 e. The minimum absolute atomic E-state index is 0.0866. The Labute approximate surface area is 280 Å². The fourth-order valence-electron chi connectivity index (χ4n) is 6.00. The van der Waals surface area contributed by atoms with E-state index in [-0.39, 0.29) is 35.3 Å². The number of thiazole rings is 1. The lowest BCUT2D eigenvalue weighted by Crippen LogP contribution is -2.33. The summed E-state index contributed by atoms with van der Waals surface area (Å²) in [5.74, 6) is -2.81. The third-order valence-electron chi connectivity index (χ3n) is 8.46. The number of ether oxygens (including phenoxy) is 1. The number of nitrogens with one attached hydrogen (secondary N) is 1. The molecule has 9 nitrogen and oxygen atoms in total. The molecule has 2 aliphatic rings. The third-order valence-corrected chi connectivity index (χ3v) is 11.1. The summed E-state index contributed by atoms with van der Waals surface area (Å²) in [7, 11) is 0. The van der Waals surface area contributed by atoms with Crippen molar-refractivity contribution in [2.75, 3.05) is 16.8 Å². The highest BCUT2D eigenvalue weighted by atomic mass is 32.2. The van der Waals surface area contributed by atoms with Gasteiger partial charge < -0.3 is 10.1 Å². The number of anilines is 2. The molecule has 1 aromatic heterocycles. The van der Waals surface area contributed by atoms with Gasteiger partial charge in [0.1, 0.15) is 11.8 Å². The molecule has 1 saturated heterocycles. The monoisotopic (exact) mass is 669 g/mol. The van der Waals surface area contributed by atoms with Gasteiger partial charge in [-0.15, -0.1) is 0 Å². The first-order valence-electron chi connectivity index (χ1n) is 15.4. The highest BCUT2D eigenvalue weighted by Gasteiger charge is 2.56. The number of esters is 1. The number of rotatable bonds is 7. The lowest BCUT2D eigenvalue weighted by molar-refractivity contribution is -0.122. The zero-order valence-corrected chi connectivity index (χ0v) is 28.4. The second-order valence-corrected chi connectivity index (χ2v) is 14.9. The van der Waals surface area contributed by atoms with Crippen LogP contribution in [0.15, 0.2) is 82.6 Å². The molecule has 0 spiro atoms. The van der Waals surface area contributed by atoms with Crippen LogP contribution in [0.3, 0.4) is 0 Å². The maximum atomic E-state index is 14.1. The number of aryl methyl sites for hydroxylation is 1. The molecule has 0 saturated carbocycles. The van der Waals surface area contributed by atoms with Crippen molar-refractivity contribution in [1.29, 1.82) is 0 Å². The molecule has 6 rings (SSSR count). The van der Waals surface area contributed by atoms with E-state index in [1.54, 1.807) is 43.3 Å². The molecule has 0 aliphatic carbocycles. The Bertz CT molecular complexity index is 1920. The summed E-state index contributed by atoms with van der Waals surface area (Å²) in [6.07, 6.45) is 0. The van der Waals surface area contributed by atoms with Gasteiger partial charge in [0.2, 0.25) is 17.7 Å². The SMILES string of the molecule is CCOC(=O)c1ccc(NC(=O)Cn2c3c(sc2=O)C(c2ccc(C(C)(C)C)cc2)C2C(=O)N(c4ccc(C)cc4)C(=O)C2S3)cc1. The fraction of sp³-hybridized carbons (Fsp3) is 0.306. The number of benzene rings is 3. The van der Waals surface area contributed by atoms with Gasteiger partial charge in [-0.25, -0.2) is 9.69 Å². The number of imide groups is 1. The van der Waals surface area contributed by atoms with Gasteiger partial charge in [0.25, 0.3) is 0 Å². The average Bonchev–Trinajstić information content (AvgIpc) is 3.47. The molecule has 3 heterocycles. The first-order valence-corrected chi connectivity index (χ1v) is 17.1. The van der Waals surface area contributed by atoms with Crippen molar-refractivity contribution in [1.82, 2.24) is 4.57 Å². The molecular weight excluding hydrogens is 635 g/mol. The molecule has 242 valence electrons. The lowest BCUT2D eigenvalue weighted by atomic mass is 9.81. The van der Waals surface area contributed by atoms with E-state index >= 15 is 0 Å². The summed E-state index contributed by atoms with van der Waals surface area (Å²) in [6, 6.07) is 21.6. The minimum atomic E-state index is -0.776. The number of hydrogen-bond donors (Lipinski definition) is 1. The second kappa shape index (κ2) is 12.6. The Morgan fingerprint density at radius 3 is 2.17 bits per heavy atom. The van der Waals surface area contributed by atoms with Crippen LogP contribution in [-0.4, -0.2) is 40.1 Å². The molecule has 3 aromatic carbocycles. The highest BCUT2D eigenvalue weighted by molar-refractivity contribution is 8.00. The molecule has 0 bridgehead atoms. The molecule has 0 radical (unpaired) electrons. The van der Waals surface area contributed by atoms with Crippen molar-refractivity contribution in [2.24, 2.45) is 5.92 Å². The molecule has 2 aliphatic heterocycles. The highest BCUT2D eigenvalue weighted by Crippen LogP contribution is 2.54. The van der Waals surface area contributed by atoms with Crippen LogP contribution in [0.1, 0.15) is 65.5 Å². The molecule has 11 heteroatoms. The fourth-order valence-corrected chi connectivity index (χ4v) is 8.77. The standard InChI is InChI=1S/C36H35N3O6S2/c1-6-45-34(43)22-11-15-24(16-12-22)37-26(40)19-38-33-30(47-35(38)44)27(21-9-13-23(14-10-21)36(3,4)5)28-29(46-33)32(42)39(31(28)41)25-17-7-20(2)8-18-25/h7-18,27-29H,6,19H2,1-5H3,(H,37,40). The minimum Gasteiger partial charge on any atom is -0.462 e. The van der Waals surface area contributed by atoms with E-state index < -0.39 is 29.0 Å². The van der Waals surface area contributed by atoms with Crippen LogP contribution >= 0.6 is 23.1 Å². The van der Waals surface area contributed by atoms with Gasteiger partial charge in [-0.1, -0.05) is 85.8 Å². The lowest BCUT2D eigenvalue weighted by Gasteiger charge is -2.31. The number of nitrogens with zero attached hydrogens (tertiary/aromatic N) is 2. The Morgan fingerprint density at radius 1 is 0.894 bits per heavy atom. The van der Waals surface area contributed by atoms with Gasteiger partial charge in [0.15, 0.2) is 0 Å². The number of fused-ring (bicyclic) bond motifs is 2. The predicted octanol–water partition coefficient (Wildman–Crippen LogP) is 6.13. The molecular formula is C36H35N3O6S2. The van der Waals surface area contributed by atoms with E-state index in [1.807, 2.05) is 43.3 Å². The normalized spacial score (nSPS) is 18.9. The number of amides is 3. The van der Waals surface area contributed by atoms with E-state index in [0.717, 1.165) is 28.0 Å². The quantitative estimate of drug-likeness (QED) is 0.186. The maximum absolute atomic E-state index is 14.1. The van der Waals surface area contributed by atoms with Crippen molar-refractivity contribution in [3.8, 4) is 0 Å². The molecule has 1 N–H and O–H groups in total. The Morgan fingerprint density at radius 2 is 1.55 bits per heavy atom. The number of carbonyl (C=O) groups excluding carboxylic acids is 4. The van der Waals surface area contributed by atoms with Crippen LogP contribution < -0.4 is 15.1 Å². The van der Waals surface area contributed by atoms with Crippen LogP contribution in [0.25, 0.3) is 0 Å². The summed E-state index contributed by atoms with van der Waals surface area (Å²) in [4.78, 5) is 68.5. The van der Waals surface area contributed by atoms with E-state index in [4.69, 9.17) is 4.74 Å². The van der Waals surface area contributed by atoms with Crippen molar-refractivity contribution in [3.63, 3.8) is 0 Å². The largest absolute Gasteiger partial charge is 0.462 e. The van der Waals surface area contributed by atoms with Gasteiger partial charge in [-0.2, -0.15) is 0 Å². The van der Waals surface area contributed by atoms with Crippen molar-refractivity contribution >= 4 is 58.2 Å². The van der Waals surface area contributed by atoms with Crippen LogP contribution in [-0.2, 0) is 31.1 Å². The first-order chi connectivity index (χ1) is 22.4. The molecule has 3 amide bonds. The number of hydrogen-bond acceptors (Lipinski definition) is 8. The third kappa shape index (κ3) is 6.17. The van der Waals surface area contributed by atoms with Crippen LogP contribution in [0.5, 0.6) is 0 Å². The zero-order chi connectivity index (χ0) is 33.6. The van der Waals surface area contributed by atoms with Crippen molar-refractivity contribution in [3.05, 3.63) is 110 Å². The average molecular weight is 670 g/mol. The number of aromatic nitrogens is 1. The number of carbonyl (C=O) groups is 4. The molecule has 3 unspecified atom stereocenters. The van der Waals surface area contributed by atoms with E-state index in [0.29, 0.717) is 26.8 Å². The molecule has 3 atom stereocenters. The van der Waals surface area contributed by atoms with Gasteiger partial charge in [0.05, 0.1) is 28.8 Å². The molecule has 4 aromatic rings. The van der Waals surface area contributed by atoms with E-state index in [1.165, 1.54) is 21.2 Å². The van der Waals surface area contributed by atoms with Crippen LogP contribution in [0, 0.1) is 12.8 Å². The topological polar surface area (TPSA) is 115 Å². The van der Waals surface area contributed by atoms with Gasteiger partial charge in [-0.3, -0.25) is 23.7 Å². The van der Waals surface area contributed by atoms with Gasteiger partial charge in [-0.05, 0) is 66.8 Å². The summed E-state index contributed by atoms with van der Waals surface area (Å²) in [6.45, 7) is 10.0. The van der Waals surface area contributed by atoms with Crippen molar-refractivity contribution < 1.29 is 23.9 Å². The molecule has 1 fully saturated rings. The molecule has 47 heavy (non-hydrogen) atoms. The Balaban J connectivity index is 1.35. The predicted molar refractivity (Wildman–Crippen MR) is 183 cm³/mol. The summed E-state index contributed by atoms with van der Waals surface area (Å²) in [5.41, 5.74) is 4.20. The summed E-state index contributed by atoms with van der Waals surface area (Å²) in [5, 5.41) is 2.53. The first kappa shape index (κ1) is 32.5. The second-order valence-electron chi connectivity index (χ2n) is 12.7. The summed E-state index contributed by atoms with van der Waals surface area (Å²) >= 11 is 2.19. The van der Waals surface area contributed by atoms with Crippen LogP contribution in [0.4, 0.5) is 11.4 Å². The number of thioether (sulfide) groups is 1.